The van der Waals surface area contributed by atoms with Crippen LogP contribution in [0.1, 0.15) is 25.0 Å². The molecule has 1 saturated heterocycles. The monoisotopic (exact) mass is 299 g/mol. The molecule has 0 unspecified atom stereocenters. The van der Waals surface area contributed by atoms with Gasteiger partial charge in [-0.2, -0.15) is 0 Å². The first-order valence-corrected chi connectivity index (χ1v) is 7.68. The molecule has 0 bridgehead atoms. The van der Waals surface area contributed by atoms with Crippen molar-refractivity contribution in [2.45, 2.75) is 19.3 Å². The van der Waals surface area contributed by atoms with Gasteiger partial charge in [0.15, 0.2) is 0 Å². The Morgan fingerprint density at radius 2 is 2.14 bits per heavy atom. The van der Waals surface area contributed by atoms with Crippen LogP contribution in [0.15, 0.2) is 42.4 Å². The second kappa shape index (κ2) is 6.75. The van der Waals surface area contributed by atoms with Gasteiger partial charge in [0.2, 0.25) is 5.91 Å². The molecule has 0 aliphatic carbocycles. The van der Waals surface area contributed by atoms with Crippen molar-refractivity contribution in [3.8, 4) is 0 Å². The van der Waals surface area contributed by atoms with Gasteiger partial charge in [0.1, 0.15) is 0 Å². The first kappa shape index (κ1) is 14.8. The summed E-state index contributed by atoms with van der Waals surface area (Å²) >= 11 is 0. The Bertz CT molecular complexity index is 589. The second-order valence-corrected chi connectivity index (χ2v) is 5.82. The van der Waals surface area contributed by atoms with E-state index in [9.17, 15) is 4.79 Å². The van der Waals surface area contributed by atoms with Gasteiger partial charge in [0.25, 0.3) is 0 Å². The maximum Gasteiger partial charge on any atom is 0.246 e. The van der Waals surface area contributed by atoms with Gasteiger partial charge >= 0.3 is 0 Å². The van der Waals surface area contributed by atoms with Crippen molar-refractivity contribution >= 4 is 11.5 Å². The summed E-state index contributed by atoms with van der Waals surface area (Å²) in [7, 11) is 0. The minimum atomic E-state index is -0.362. The molecule has 1 fully saturated rings. The lowest BCUT2D eigenvalue weighted by atomic mass is 9.97. The number of hydrogen-bond donors (Lipinski definition) is 1. The number of rotatable bonds is 4. The molecule has 1 aromatic rings. The number of carbonyl (C=O) groups excluding carboxylic acids is 1. The third-order valence-electron chi connectivity index (χ3n) is 4.14. The summed E-state index contributed by atoms with van der Waals surface area (Å²) in [5.41, 5.74) is 8.06. The van der Waals surface area contributed by atoms with E-state index in [0.29, 0.717) is 17.9 Å². The first-order chi connectivity index (χ1) is 10.7. The van der Waals surface area contributed by atoms with Crippen molar-refractivity contribution in [2.75, 3.05) is 19.8 Å². The average molecular weight is 299 g/mol. The number of nitrogens with zero attached hydrogens (tertiary/aromatic N) is 2. The molecule has 0 radical (unpaired) electrons. The van der Waals surface area contributed by atoms with Crippen LogP contribution in [0.3, 0.4) is 0 Å². The molecule has 0 aromatic carbocycles. The summed E-state index contributed by atoms with van der Waals surface area (Å²) in [5.74, 6) is 0.219. The summed E-state index contributed by atoms with van der Waals surface area (Å²) in [4.78, 5) is 18.1. The number of aromatic nitrogens is 1. The van der Waals surface area contributed by atoms with Crippen LogP contribution in [-0.2, 0) is 9.53 Å². The highest BCUT2D eigenvalue weighted by Gasteiger charge is 2.21. The van der Waals surface area contributed by atoms with Gasteiger partial charge in [0, 0.05) is 50.3 Å². The van der Waals surface area contributed by atoms with Gasteiger partial charge in [-0.15, -0.1) is 0 Å². The third kappa shape index (κ3) is 3.54. The average Bonchev–Trinajstić information content (AvgIpc) is 2.56. The lowest BCUT2D eigenvalue weighted by molar-refractivity contribution is -0.114. The first-order valence-electron chi connectivity index (χ1n) is 7.68. The van der Waals surface area contributed by atoms with E-state index in [1.807, 2.05) is 24.4 Å². The largest absolute Gasteiger partial charge is 0.381 e. The minimum Gasteiger partial charge on any atom is -0.381 e. The minimum absolute atomic E-state index is 0.362. The number of nitrogens with two attached hydrogens (primary N) is 1. The number of primary amides is 1. The summed E-state index contributed by atoms with van der Waals surface area (Å²) < 4.78 is 5.41. The maximum absolute atomic E-state index is 11.6. The summed E-state index contributed by atoms with van der Waals surface area (Å²) in [5, 5.41) is 0. The lowest BCUT2D eigenvalue weighted by Crippen LogP contribution is -2.29. The van der Waals surface area contributed by atoms with Gasteiger partial charge in [-0.1, -0.05) is 6.07 Å². The van der Waals surface area contributed by atoms with Gasteiger partial charge in [0.05, 0.1) is 5.69 Å². The smallest absolute Gasteiger partial charge is 0.246 e. The molecule has 22 heavy (non-hydrogen) atoms. The molecule has 2 aliphatic heterocycles. The zero-order valence-corrected chi connectivity index (χ0v) is 12.6. The molecule has 2 aliphatic rings. The number of ether oxygens (including phenoxy) is 1. The maximum atomic E-state index is 11.6. The normalized spacial score (nSPS) is 19.5. The number of carbonyl (C=O) groups is 1. The topological polar surface area (TPSA) is 68.5 Å². The Balaban J connectivity index is 1.80. The number of hydrogen-bond acceptors (Lipinski definition) is 4. The Morgan fingerprint density at radius 1 is 1.32 bits per heavy atom. The SMILES string of the molecule is NC(=O)C1=CN(CC2CCOCC2)C=C(c2ccccn2)C1. The molecule has 116 valence electrons. The quantitative estimate of drug-likeness (QED) is 0.922. The van der Waals surface area contributed by atoms with Crippen LogP contribution < -0.4 is 5.73 Å². The van der Waals surface area contributed by atoms with Crippen molar-refractivity contribution in [3.05, 3.63) is 48.1 Å². The van der Waals surface area contributed by atoms with Crippen molar-refractivity contribution in [1.29, 1.82) is 0 Å². The van der Waals surface area contributed by atoms with E-state index in [-0.39, 0.29) is 5.91 Å². The van der Waals surface area contributed by atoms with Crippen molar-refractivity contribution in [2.24, 2.45) is 11.7 Å². The Labute approximate surface area is 130 Å². The number of pyridine rings is 1. The highest BCUT2D eigenvalue weighted by molar-refractivity contribution is 5.94. The van der Waals surface area contributed by atoms with E-state index in [1.54, 1.807) is 6.20 Å². The number of allylic oxidation sites excluding steroid dienone is 1. The molecule has 3 heterocycles. The van der Waals surface area contributed by atoms with Crippen LogP contribution in [0.5, 0.6) is 0 Å². The fourth-order valence-electron chi connectivity index (χ4n) is 2.93. The van der Waals surface area contributed by atoms with Crippen LogP contribution in [0.2, 0.25) is 0 Å². The highest BCUT2D eigenvalue weighted by atomic mass is 16.5. The molecule has 3 rings (SSSR count). The zero-order valence-electron chi connectivity index (χ0n) is 12.6. The van der Waals surface area contributed by atoms with Crippen molar-refractivity contribution < 1.29 is 9.53 Å². The van der Waals surface area contributed by atoms with E-state index < -0.39 is 0 Å². The predicted octanol–water partition coefficient (Wildman–Crippen LogP) is 1.92. The van der Waals surface area contributed by atoms with Crippen LogP contribution >= 0.6 is 0 Å². The van der Waals surface area contributed by atoms with Crippen LogP contribution in [0, 0.1) is 5.92 Å². The van der Waals surface area contributed by atoms with Crippen LogP contribution in [0.25, 0.3) is 5.57 Å². The fourth-order valence-corrected chi connectivity index (χ4v) is 2.93. The molecular formula is C17H21N3O2. The fraction of sp³-hybridized carbons (Fsp3) is 0.412. The van der Waals surface area contributed by atoms with Crippen molar-refractivity contribution in [3.63, 3.8) is 0 Å². The number of amides is 1. The van der Waals surface area contributed by atoms with Gasteiger partial charge in [-0.3, -0.25) is 9.78 Å². The zero-order chi connectivity index (χ0) is 15.4. The van der Waals surface area contributed by atoms with Crippen molar-refractivity contribution in [1.82, 2.24) is 9.88 Å². The molecule has 2 N–H and O–H groups in total. The Morgan fingerprint density at radius 3 is 2.82 bits per heavy atom. The molecular weight excluding hydrogens is 278 g/mol. The third-order valence-corrected chi connectivity index (χ3v) is 4.14. The molecule has 1 aromatic heterocycles. The van der Waals surface area contributed by atoms with Crippen LogP contribution in [0.4, 0.5) is 0 Å². The van der Waals surface area contributed by atoms with E-state index in [0.717, 1.165) is 43.9 Å². The predicted molar refractivity (Wildman–Crippen MR) is 84.4 cm³/mol. The Kier molecular flexibility index (Phi) is 4.53. The van der Waals surface area contributed by atoms with E-state index in [4.69, 9.17) is 10.5 Å². The molecule has 0 spiro atoms. The van der Waals surface area contributed by atoms with Gasteiger partial charge in [-0.25, -0.2) is 0 Å². The molecule has 5 heteroatoms. The second-order valence-electron chi connectivity index (χ2n) is 5.82. The summed E-state index contributed by atoms with van der Waals surface area (Å²) in [6, 6.07) is 5.80. The summed E-state index contributed by atoms with van der Waals surface area (Å²) in [6.45, 7) is 2.53. The van der Waals surface area contributed by atoms with Crippen LogP contribution in [-0.4, -0.2) is 35.5 Å². The molecule has 0 saturated carbocycles. The molecule has 1 amide bonds. The molecule has 5 nitrogen and oxygen atoms in total. The highest BCUT2D eigenvalue weighted by Crippen LogP contribution is 2.27. The Hall–Kier alpha value is -2.14. The van der Waals surface area contributed by atoms with Gasteiger partial charge < -0.3 is 15.4 Å². The molecule has 0 atom stereocenters. The van der Waals surface area contributed by atoms with E-state index in [1.165, 1.54) is 0 Å². The van der Waals surface area contributed by atoms with E-state index in [2.05, 4.69) is 16.1 Å². The van der Waals surface area contributed by atoms with E-state index >= 15 is 0 Å². The summed E-state index contributed by atoms with van der Waals surface area (Å²) in [6.07, 6.45) is 8.39. The van der Waals surface area contributed by atoms with Gasteiger partial charge in [-0.05, 0) is 36.5 Å². The standard InChI is InChI=1S/C17H21N3O2/c18-17(21)15-9-14(16-3-1-2-6-19-16)11-20(12-15)10-13-4-7-22-8-5-13/h1-3,6,11-13H,4-5,7-10H2,(H2,18,21). The lowest BCUT2D eigenvalue weighted by Gasteiger charge is -2.30.